The number of rotatable bonds is 6. The molecule has 0 amide bonds. The zero-order chi connectivity index (χ0) is 20.4. The fourth-order valence-corrected chi connectivity index (χ4v) is 3.08. The van der Waals surface area contributed by atoms with E-state index in [0.29, 0.717) is 24.7 Å². The van der Waals surface area contributed by atoms with Crippen molar-refractivity contribution in [2.45, 2.75) is 26.9 Å². The highest BCUT2D eigenvalue weighted by Crippen LogP contribution is 2.16. The number of benzene rings is 2. The third kappa shape index (κ3) is 4.26. The van der Waals surface area contributed by atoms with E-state index in [-0.39, 0.29) is 17.2 Å². The minimum Gasteiger partial charge on any atom is -0.379 e. The van der Waals surface area contributed by atoms with Crippen molar-refractivity contribution in [3.05, 3.63) is 87.1 Å². The number of aryl methyl sites for hydroxylation is 2. The average molecular weight is 392 g/mol. The van der Waals surface area contributed by atoms with Gasteiger partial charge in [-0.2, -0.15) is 9.50 Å². The Morgan fingerprint density at radius 3 is 2.55 bits per heavy atom. The number of fused-ring (bicyclic) bond motifs is 1. The Bertz CT molecular complexity index is 1210. The van der Waals surface area contributed by atoms with E-state index in [2.05, 4.69) is 31.8 Å². The van der Waals surface area contributed by atoms with Gasteiger partial charge in [0.1, 0.15) is 5.82 Å². The Morgan fingerprint density at radius 2 is 1.79 bits per heavy atom. The number of aromatic nitrogens is 4. The number of nitrogens with one attached hydrogen (secondary N) is 3. The highest BCUT2D eigenvalue weighted by molar-refractivity contribution is 5.52. The standard InChI is InChI=1S/C21H21FN6O/c1-13-3-8-18(14(2)9-13)23-12-17-10-19(29)28-21(25-17)26-20(27-28)24-11-15-4-6-16(22)7-5-15/h3-10,23H,11-12H2,1-2H3,(H2,24,25,26,27). The molecule has 2 aromatic heterocycles. The van der Waals surface area contributed by atoms with E-state index < -0.39 is 0 Å². The molecule has 0 saturated carbocycles. The first-order valence-electron chi connectivity index (χ1n) is 9.26. The molecule has 0 aliphatic heterocycles. The van der Waals surface area contributed by atoms with Gasteiger partial charge in [-0.05, 0) is 43.2 Å². The summed E-state index contributed by atoms with van der Waals surface area (Å²) in [7, 11) is 0. The summed E-state index contributed by atoms with van der Waals surface area (Å²) in [6.07, 6.45) is 0. The van der Waals surface area contributed by atoms with Gasteiger partial charge in [-0.25, -0.2) is 9.37 Å². The van der Waals surface area contributed by atoms with Crippen molar-refractivity contribution in [1.82, 2.24) is 19.6 Å². The molecular formula is C21H21FN6O. The number of halogens is 1. The maximum absolute atomic E-state index is 13.0. The summed E-state index contributed by atoms with van der Waals surface area (Å²) in [5.41, 5.74) is 4.59. The number of anilines is 2. The smallest absolute Gasteiger partial charge is 0.274 e. The number of hydrogen-bond acceptors (Lipinski definition) is 5. The van der Waals surface area contributed by atoms with Gasteiger partial charge >= 0.3 is 0 Å². The lowest BCUT2D eigenvalue weighted by molar-refractivity contribution is 0.627. The SMILES string of the molecule is Cc1ccc(NCc2cc(=O)n3[nH]c(NCc4ccc(F)cc4)nc3n2)c(C)c1. The van der Waals surface area contributed by atoms with Crippen molar-refractivity contribution in [3.8, 4) is 0 Å². The van der Waals surface area contributed by atoms with Crippen molar-refractivity contribution < 1.29 is 4.39 Å². The van der Waals surface area contributed by atoms with Crippen LogP contribution in [0.25, 0.3) is 5.78 Å². The van der Waals surface area contributed by atoms with Crippen molar-refractivity contribution in [1.29, 1.82) is 0 Å². The molecule has 8 heteroatoms. The summed E-state index contributed by atoms with van der Waals surface area (Å²) in [6.45, 7) is 4.94. The van der Waals surface area contributed by atoms with E-state index in [9.17, 15) is 9.18 Å². The predicted molar refractivity (Wildman–Crippen MR) is 111 cm³/mol. The molecule has 0 aliphatic rings. The predicted octanol–water partition coefficient (Wildman–Crippen LogP) is 3.40. The zero-order valence-corrected chi connectivity index (χ0v) is 16.2. The quantitative estimate of drug-likeness (QED) is 0.468. The second-order valence-electron chi connectivity index (χ2n) is 6.95. The van der Waals surface area contributed by atoms with E-state index in [1.54, 1.807) is 12.1 Å². The minimum atomic E-state index is -0.282. The van der Waals surface area contributed by atoms with Gasteiger partial charge in [-0.1, -0.05) is 29.8 Å². The van der Waals surface area contributed by atoms with Gasteiger partial charge in [0.2, 0.25) is 5.95 Å². The second-order valence-corrected chi connectivity index (χ2v) is 6.95. The summed E-state index contributed by atoms with van der Waals surface area (Å²) >= 11 is 0. The highest BCUT2D eigenvalue weighted by Gasteiger charge is 2.09. The van der Waals surface area contributed by atoms with Crippen LogP contribution in [0.15, 0.2) is 53.3 Å². The van der Waals surface area contributed by atoms with Crippen molar-refractivity contribution in [3.63, 3.8) is 0 Å². The van der Waals surface area contributed by atoms with E-state index in [1.165, 1.54) is 28.3 Å². The second kappa shape index (κ2) is 7.75. The molecule has 4 rings (SSSR count). The van der Waals surface area contributed by atoms with Gasteiger partial charge in [0.15, 0.2) is 0 Å². The Balaban J connectivity index is 1.49. The molecule has 2 aromatic carbocycles. The van der Waals surface area contributed by atoms with Crippen molar-refractivity contribution in [2.24, 2.45) is 0 Å². The Morgan fingerprint density at radius 1 is 1.00 bits per heavy atom. The Hall–Kier alpha value is -3.68. The summed E-state index contributed by atoms with van der Waals surface area (Å²) in [6, 6.07) is 13.8. The zero-order valence-electron chi connectivity index (χ0n) is 16.2. The average Bonchev–Trinajstić information content (AvgIpc) is 3.10. The largest absolute Gasteiger partial charge is 0.379 e. The first-order valence-corrected chi connectivity index (χ1v) is 9.26. The normalized spacial score (nSPS) is 11.0. The molecule has 4 aromatic rings. The molecular weight excluding hydrogens is 371 g/mol. The topological polar surface area (TPSA) is 87.1 Å². The number of H-pyrrole nitrogens is 1. The molecule has 0 fully saturated rings. The summed E-state index contributed by atoms with van der Waals surface area (Å²) < 4.78 is 14.3. The fraction of sp³-hybridized carbons (Fsp3) is 0.190. The first-order chi connectivity index (χ1) is 14.0. The van der Waals surface area contributed by atoms with Crippen LogP contribution < -0.4 is 16.2 Å². The molecule has 0 aliphatic carbocycles. The summed E-state index contributed by atoms with van der Waals surface area (Å²) in [5, 5.41) is 9.28. The maximum Gasteiger partial charge on any atom is 0.274 e. The summed E-state index contributed by atoms with van der Waals surface area (Å²) in [5.74, 6) is 0.421. The van der Waals surface area contributed by atoms with E-state index in [1.807, 2.05) is 26.0 Å². The third-order valence-electron chi connectivity index (χ3n) is 4.60. The van der Waals surface area contributed by atoms with Gasteiger partial charge in [0.25, 0.3) is 11.3 Å². The molecule has 0 spiro atoms. The van der Waals surface area contributed by atoms with Gasteiger partial charge in [0, 0.05) is 18.3 Å². The first kappa shape index (κ1) is 18.7. The molecule has 148 valence electrons. The monoisotopic (exact) mass is 392 g/mol. The van der Waals surface area contributed by atoms with Crippen LogP contribution >= 0.6 is 0 Å². The van der Waals surface area contributed by atoms with Gasteiger partial charge < -0.3 is 10.6 Å². The highest BCUT2D eigenvalue weighted by atomic mass is 19.1. The van der Waals surface area contributed by atoms with Crippen molar-refractivity contribution in [2.75, 3.05) is 10.6 Å². The van der Waals surface area contributed by atoms with Gasteiger partial charge in [-0.3, -0.25) is 9.89 Å². The van der Waals surface area contributed by atoms with Crippen LogP contribution in [0.2, 0.25) is 0 Å². The van der Waals surface area contributed by atoms with E-state index in [0.717, 1.165) is 16.8 Å². The van der Waals surface area contributed by atoms with E-state index >= 15 is 0 Å². The van der Waals surface area contributed by atoms with Crippen molar-refractivity contribution >= 4 is 17.4 Å². The van der Waals surface area contributed by atoms with Crippen LogP contribution in [-0.4, -0.2) is 19.6 Å². The molecule has 0 bridgehead atoms. The van der Waals surface area contributed by atoms with Crippen LogP contribution in [0.4, 0.5) is 16.0 Å². The third-order valence-corrected chi connectivity index (χ3v) is 4.60. The lowest BCUT2D eigenvalue weighted by Crippen LogP contribution is -2.17. The molecule has 2 heterocycles. The van der Waals surface area contributed by atoms with Crippen LogP contribution in [0.5, 0.6) is 0 Å². The number of nitrogens with zero attached hydrogens (tertiary/aromatic N) is 3. The van der Waals surface area contributed by atoms with Gasteiger partial charge in [-0.15, -0.1) is 0 Å². The van der Waals surface area contributed by atoms with Crippen LogP contribution in [0.1, 0.15) is 22.4 Å². The molecule has 0 unspecified atom stereocenters. The minimum absolute atomic E-state index is 0.241. The number of hydrogen-bond donors (Lipinski definition) is 3. The van der Waals surface area contributed by atoms with E-state index in [4.69, 9.17) is 0 Å². The lowest BCUT2D eigenvalue weighted by Gasteiger charge is -2.09. The van der Waals surface area contributed by atoms with Crippen LogP contribution in [0, 0.1) is 19.7 Å². The van der Waals surface area contributed by atoms with Crippen LogP contribution in [-0.2, 0) is 13.1 Å². The molecule has 0 radical (unpaired) electrons. The molecule has 0 atom stereocenters. The fourth-order valence-electron chi connectivity index (χ4n) is 3.08. The molecule has 3 N–H and O–H groups in total. The number of aromatic amines is 1. The van der Waals surface area contributed by atoms with Crippen LogP contribution in [0.3, 0.4) is 0 Å². The van der Waals surface area contributed by atoms with Gasteiger partial charge in [0.05, 0.1) is 12.2 Å². The molecule has 29 heavy (non-hydrogen) atoms. The Labute approximate surface area is 166 Å². The molecule has 0 saturated heterocycles. The summed E-state index contributed by atoms with van der Waals surface area (Å²) in [4.78, 5) is 21.2. The lowest BCUT2D eigenvalue weighted by atomic mass is 10.1. The molecule has 7 nitrogen and oxygen atoms in total. The maximum atomic E-state index is 13.0. The Kier molecular flexibility index (Phi) is 4.99.